The number of aryl methyl sites for hydroxylation is 1. The highest BCUT2D eigenvalue weighted by atomic mass is 16.5. The molecule has 0 bridgehead atoms. The molecule has 1 fully saturated rings. The fraction of sp³-hybridized carbons (Fsp3) is 0.444. The third-order valence-electron chi connectivity index (χ3n) is 10.5. The van der Waals surface area contributed by atoms with E-state index < -0.39 is 114 Å². The molecule has 1 heterocycles. The maximum atomic E-state index is 14.4. The van der Waals surface area contributed by atoms with Crippen LogP contribution in [-0.4, -0.2) is 111 Å². The Morgan fingerprint density at radius 3 is 1.92 bits per heavy atom. The number of hydrogen-bond acceptors (Lipinski definition) is 12. The molecule has 0 aromatic heterocycles. The number of carbonyl (C=O) groups is 9. The molecule has 7 atom stereocenters. The lowest BCUT2D eigenvalue weighted by molar-refractivity contribution is -0.156. The van der Waals surface area contributed by atoms with Crippen LogP contribution in [0.4, 0.5) is 0 Å². The van der Waals surface area contributed by atoms with E-state index in [1.807, 2.05) is 0 Å². The van der Waals surface area contributed by atoms with Crippen LogP contribution in [0.5, 0.6) is 11.5 Å². The topological polar surface area (TPSA) is 308 Å². The molecule has 3 rings (SSSR count). The summed E-state index contributed by atoms with van der Waals surface area (Å²) >= 11 is 0. The van der Waals surface area contributed by atoms with Crippen LogP contribution in [0.2, 0.25) is 0 Å². The molecular weight excluding hydrogens is 847 g/mol. The van der Waals surface area contributed by atoms with Crippen LogP contribution in [0.1, 0.15) is 78.9 Å². The van der Waals surface area contributed by atoms with E-state index in [-0.39, 0.29) is 36.5 Å². The quantitative estimate of drug-likeness (QED) is 0.0869. The standard InChI is InChI=1S/C45H59N7O13/c1-8-24(5)38(57)51-36(23(3)4)43(62)50-34(22-28-12-17-30(54)18-13-28)42(61)52-37-26(7)65-45(64)33(19-14-27-10-15-29(53)16-11-27)49-41(60)32(20-21-35(55)56)48-40(59)31(9-2)47-39(58)25(6)46-44(37)63/h8-13,15-18,23,25-26,32-34,36-37,53-54H,14,19-22H2,1-7H3,(H,46,63)(H,47,58)(H,48,59)(H,49,60)(H,50,62)(H,51,57)(H,52,61)(H,55,56). The summed E-state index contributed by atoms with van der Waals surface area (Å²) < 4.78 is 5.77. The van der Waals surface area contributed by atoms with Crippen LogP contribution in [0.15, 0.2) is 72.0 Å². The highest BCUT2D eigenvalue weighted by molar-refractivity contribution is 6.02. The first-order chi connectivity index (χ1) is 30.6. The lowest BCUT2D eigenvalue weighted by Gasteiger charge is -2.30. The number of benzene rings is 2. The third kappa shape index (κ3) is 16.1. The van der Waals surface area contributed by atoms with Crippen LogP contribution < -0.4 is 37.2 Å². The van der Waals surface area contributed by atoms with Crippen molar-refractivity contribution in [2.45, 2.75) is 123 Å². The SMILES string of the molecule is CC=C(C)C(=O)NC(C(=O)NC(Cc1ccc(O)cc1)C(=O)NC1C(=O)NC(C)C(=O)NC(=CC)C(=O)NC(CCC(=O)O)C(=O)NC(CCc2ccc(O)cc2)C(=O)OC1C)C(C)C. The van der Waals surface area contributed by atoms with Gasteiger partial charge >= 0.3 is 11.9 Å². The third-order valence-corrected chi connectivity index (χ3v) is 10.5. The van der Waals surface area contributed by atoms with Crippen molar-refractivity contribution in [3.8, 4) is 11.5 Å². The molecule has 2 aromatic carbocycles. The molecule has 10 N–H and O–H groups in total. The molecule has 20 nitrogen and oxygen atoms in total. The number of esters is 1. The van der Waals surface area contributed by atoms with E-state index in [1.165, 1.54) is 63.2 Å². The maximum Gasteiger partial charge on any atom is 0.329 e. The average Bonchev–Trinajstić information content (AvgIpc) is 3.25. The summed E-state index contributed by atoms with van der Waals surface area (Å²) in [7, 11) is 0. The van der Waals surface area contributed by atoms with Gasteiger partial charge in [-0.3, -0.25) is 38.4 Å². The monoisotopic (exact) mass is 905 g/mol. The van der Waals surface area contributed by atoms with E-state index in [9.17, 15) is 58.5 Å². The number of carboxylic acids is 1. The Hall–Kier alpha value is -7.25. The lowest BCUT2D eigenvalue weighted by atomic mass is 10.00. The smallest absolute Gasteiger partial charge is 0.329 e. The summed E-state index contributed by atoms with van der Waals surface area (Å²) in [5.74, 6) is -9.11. The highest BCUT2D eigenvalue weighted by Crippen LogP contribution is 2.16. The number of cyclic esters (lactones) is 1. The fourth-order valence-electron chi connectivity index (χ4n) is 6.38. The van der Waals surface area contributed by atoms with Crippen LogP contribution in [-0.2, 0) is 60.7 Å². The van der Waals surface area contributed by atoms with E-state index in [0.717, 1.165) is 0 Å². The van der Waals surface area contributed by atoms with Gasteiger partial charge in [0.15, 0.2) is 0 Å². The number of carboxylic acid groups (broad SMARTS) is 1. The molecule has 352 valence electrons. The Balaban J connectivity index is 2.09. The maximum absolute atomic E-state index is 14.4. The van der Waals surface area contributed by atoms with Crippen LogP contribution in [0.25, 0.3) is 0 Å². The molecule has 1 aliphatic heterocycles. The molecule has 65 heavy (non-hydrogen) atoms. The van der Waals surface area contributed by atoms with Crippen molar-refractivity contribution in [3.05, 3.63) is 83.1 Å². The first kappa shape index (κ1) is 52.1. The second-order valence-corrected chi connectivity index (χ2v) is 15.9. The van der Waals surface area contributed by atoms with E-state index in [4.69, 9.17) is 4.74 Å². The summed E-state index contributed by atoms with van der Waals surface area (Å²) in [5.41, 5.74) is 1.07. The summed E-state index contributed by atoms with van der Waals surface area (Å²) in [6.45, 7) is 10.5. The van der Waals surface area contributed by atoms with Crippen molar-refractivity contribution in [1.82, 2.24) is 37.2 Å². The largest absolute Gasteiger partial charge is 0.508 e. The minimum absolute atomic E-state index is 0.0229. The number of nitrogens with one attached hydrogen (secondary N) is 7. The van der Waals surface area contributed by atoms with Gasteiger partial charge in [-0.15, -0.1) is 0 Å². The minimum Gasteiger partial charge on any atom is -0.508 e. The van der Waals surface area contributed by atoms with Crippen molar-refractivity contribution in [2.75, 3.05) is 0 Å². The van der Waals surface area contributed by atoms with Gasteiger partial charge in [0.05, 0.1) is 0 Å². The zero-order chi connectivity index (χ0) is 48.5. The summed E-state index contributed by atoms with van der Waals surface area (Å²) in [4.78, 5) is 121. The van der Waals surface area contributed by atoms with Crippen LogP contribution in [0.3, 0.4) is 0 Å². The number of ether oxygens (including phenoxy) is 1. The van der Waals surface area contributed by atoms with Crippen LogP contribution in [0, 0.1) is 5.92 Å². The molecule has 7 amide bonds. The van der Waals surface area contributed by atoms with Crippen LogP contribution >= 0.6 is 0 Å². The number of phenols is 2. The Morgan fingerprint density at radius 2 is 1.37 bits per heavy atom. The van der Waals surface area contributed by atoms with Gasteiger partial charge in [0.1, 0.15) is 59.6 Å². The van der Waals surface area contributed by atoms with E-state index in [2.05, 4.69) is 37.2 Å². The van der Waals surface area contributed by atoms with Gasteiger partial charge in [0.25, 0.3) is 5.91 Å². The Labute approximate surface area is 376 Å². The van der Waals surface area contributed by atoms with E-state index in [1.54, 1.807) is 45.9 Å². The predicted octanol–water partition coefficient (Wildman–Crippen LogP) is 0.654. The highest BCUT2D eigenvalue weighted by Gasteiger charge is 2.38. The number of phenolic OH excluding ortho intramolecular Hbond substituents is 2. The Kier molecular flexibility index (Phi) is 19.7. The van der Waals surface area contributed by atoms with Gasteiger partial charge in [-0.2, -0.15) is 0 Å². The molecule has 1 saturated heterocycles. The van der Waals surface area contributed by atoms with Crippen molar-refractivity contribution in [2.24, 2.45) is 5.92 Å². The first-order valence-electron chi connectivity index (χ1n) is 21.0. The van der Waals surface area contributed by atoms with Gasteiger partial charge in [-0.05, 0) is 95.2 Å². The molecule has 0 aliphatic carbocycles. The predicted molar refractivity (Wildman–Crippen MR) is 234 cm³/mol. The zero-order valence-corrected chi connectivity index (χ0v) is 37.4. The summed E-state index contributed by atoms with van der Waals surface area (Å²) in [5, 5.41) is 46.7. The number of hydrogen-bond donors (Lipinski definition) is 10. The van der Waals surface area contributed by atoms with Crippen molar-refractivity contribution >= 4 is 53.3 Å². The molecule has 0 radical (unpaired) electrons. The van der Waals surface area contributed by atoms with E-state index in [0.29, 0.717) is 16.7 Å². The van der Waals surface area contributed by atoms with Gasteiger partial charge < -0.3 is 57.3 Å². The normalized spacial score (nSPS) is 21.7. The Morgan fingerprint density at radius 1 is 0.769 bits per heavy atom. The average molecular weight is 906 g/mol. The van der Waals surface area contributed by atoms with Crippen molar-refractivity contribution < 1.29 is 63.2 Å². The number of aromatic hydroxyl groups is 2. The zero-order valence-electron chi connectivity index (χ0n) is 37.4. The first-order valence-corrected chi connectivity index (χ1v) is 21.0. The molecule has 0 spiro atoms. The number of allylic oxidation sites excluding steroid dienone is 2. The summed E-state index contributed by atoms with van der Waals surface area (Å²) in [6, 6.07) is 2.91. The number of rotatable bonds is 15. The number of carbonyl (C=O) groups excluding carboxylic acids is 8. The molecule has 2 aromatic rings. The van der Waals surface area contributed by atoms with Gasteiger partial charge in [0, 0.05) is 18.4 Å². The Bertz CT molecular complexity index is 2140. The molecule has 7 unspecified atom stereocenters. The minimum atomic E-state index is -1.78. The molecule has 0 saturated carbocycles. The molecule has 1 aliphatic rings. The van der Waals surface area contributed by atoms with Crippen molar-refractivity contribution in [1.29, 1.82) is 0 Å². The molecule has 20 heteroatoms. The number of aliphatic carboxylic acids is 1. The summed E-state index contributed by atoms with van der Waals surface area (Å²) in [6.07, 6.45) is 0.0121. The van der Waals surface area contributed by atoms with Gasteiger partial charge in [-0.1, -0.05) is 50.3 Å². The fourth-order valence-corrected chi connectivity index (χ4v) is 6.38. The second kappa shape index (κ2) is 24.6. The van der Waals surface area contributed by atoms with Crippen molar-refractivity contribution in [3.63, 3.8) is 0 Å². The molecular formula is C45H59N7O13. The van der Waals surface area contributed by atoms with E-state index >= 15 is 0 Å². The number of amides is 7. The second-order valence-electron chi connectivity index (χ2n) is 15.9. The van der Waals surface area contributed by atoms with Gasteiger partial charge in [0.2, 0.25) is 35.4 Å². The van der Waals surface area contributed by atoms with Gasteiger partial charge in [-0.25, -0.2) is 4.79 Å². The lowest BCUT2D eigenvalue weighted by Crippen LogP contribution is -2.62.